The number of rotatable bonds is 7. The van der Waals surface area contributed by atoms with Crippen molar-refractivity contribution < 1.29 is 4.79 Å². The van der Waals surface area contributed by atoms with Crippen molar-refractivity contribution in [3.63, 3.8) is 0 Å². The highest BCUT2D eigenvalue weighted by molar-refractivity contribution is 8.00. The van der Waals surface area contributed by atoms with Crippen molar-refractivity contribution in [3.05, 3.63) is 58.7 Å². The number of benzene rings is 1. The molecule has 1 atom stereocenters. The molecule has 6 nitrogen and oxygen atoms in total. The average Bonchev–Trinajstić information content (AvgIpc) is 3.34. The average molecular weight is 410 g/mol. The fraction of sp³-hybridized carbons (Fsp3) is 0.300. The van der Waals surface area contributed by atoms with E-state index in [2.05, 4.69) is 38.3 Å². The van der Waals surface area contributed by atoms with Gasteiger partial charge >= 0.3 is 0 Å². The summed E-state index contributed by atoms with van der Waals surface area (Å²) >= 11 is 2.75. The second-order valence-corrected chi connectivity index (χ2v) is 8.94. The number of carbonyl (C=O) groups is 1. The summed E-state index contributed by atoms with van der Waals surface area (Å²) in [6.07, 6.45) is 2.28. The van der Waals surface area contributed by atoms with E-state index in [1.165, 1.54) is 28.7 Å². The summed E-state index contributed by atoms with van der Waals surface area (Å²) in [7, 11) is 0. The van der Waals surface area contributed by atoms with E-state index in [9.17, 15) is 4.79 Å². The molecule has 1 aliphatic carbocycles. The van der Waals surface area contributed by atoms with Crippen LogP contribution >= 0.6 is 23.1 Å². The van der Waals surface area contributed by atoms with Crippen molar-refractivity contribution in [2.75, 3.05) is 5.32 Å². The summed E-state index contributed by atoms with van der Waals surface area (Å²) in [5, 5.41) is 23.5. The number of hydrogen-bond acceptors (Lipinski definition) is 6. The summed E-state index contributed by atoms with van der Waals surface area (Å²) in [6.45, 7) is 2.54. The van der Waals surface area contributed by atoms with Gasteiger partial charge in [0.15, 0.2) is 5.16 Å². The Morgan fingerprint density at radius 3 is 2.86 bits per heavy atom. The van der Waals surface area contributed by atoms with Crippen LogP contribution in [0.15, 0.2) is 46.9 Å². The van der Waals surface area contributed by atoms with Gasteiger partial charge in [0.05, 0.1) is 17.4 Å². The van der Waals surface area contributed by atoms with Crippen molar-refractivity contribution in [1.82, 2.24) is 14.8 Å². The molecule has 0 aliphatic heterocycles. The van der Waals surface area contributed by atoms with Crippen LogP contribution in [0.1, 0.15) is 42.6 Å². The number of nitrogens with one attached hydrogen (secondary N) is 1. The van der Waals surface area contributed by atoms with Gasteiger partial charge in [-0.25, -0.2) is 0 Å². The smallest absolute Gasteiger partial charge is 0.238 e. The van der Waals surface area contributed by atoms with Crippen LogP contribution in [0.4, 0.5) is 5.00 Å². The quantitative estimate of drug-likeness (QED) is 0.590. The van der Waals surface area contributed by atoms with Gasteiger partial charge in [-0.3, -0.25) is 4.79 Å². The van der Waals surface area contributed by atoms with Crippen molar-refractivity contribution >= 4 is 34.0 Å². The molecule has 1 saturated carbocycles. The highest BCUT2D eigenvalue weighted by Crippen LogP contribution is 2.40. The predicted molar refractivity (Wildman–Crippen MR) is 111 cm³/mol. The van der Waals surface area contributed by atoms with Gasteiger partial charge in [-0.2, -0.15) is 5.26 Å². The molecule has 2 aromatic heterocycles. The lowest BCUT2D eigenvalue weighted by Crippen LogP contribution is -2.23. The minimum Gasteiger partial charge on any atom is -0.316 e. The van der Waals surface area contributed by atoms with Gasteiger partial charge in [0.2, 0.25) is 5.91 Å². The molecular weight excluding hydrogens is 390 g/mol. The van der Waals surface area contributed by atoms with Crippen LogP contribution in [-0.4, -0.2) is 25.9 Å². The summed E-state index contributed by atoms with van der Waals surface area (Å²) in [4.78, 5) is 12.6. The Labute approximate surface area is 171 Å². The van der Waals surface area contributed by atoms with E-state index in [0.717, 1.165) is 23.8 Å². The van der Waals surface area contributed by atoms with Crippen molar-refractivity contribution in [2.45, 2.75) is 42.6 Å². The van der Waals surface area contributed by atoms with Crippen LogP contribution in [0.25, 0.3) is 0 Å². The van der Waals surface area contributed by atoms with Gasteiger partial charge in [-0.1, -0.05) is 42.1 Å². The number of thiophene rings is 1. The fourth-order valence-corrected chi connectivity index (χ4v) is 4.46. The number of nitriles is 1. The lowest BCUT2D eigenvalue weighted by atomic mass is 10.2. The van der Waals surface area contributed by atoms with Crippen molar-refractivity contribution in [3.8, 4) is 6.07 Å². The zero-order chi connectivity index (χ0) is 19.5. The Morgan fingerprint density at radius 2 is 2.14 bits per heavy atom. The molecule has 1 unspecified atom stereocenters. The number of hydrogen-bond donors (Lipinski definition) is 1. The molecule has 142 valence electrons. The van der Waals surface area contributed by atoms with E-state index in [1.54, 1.807) is 11.4 Å². The summed E-state index contributed by atoms with van der Waals surface area (Å²) in [5.41, 5.74) is 1.67. The molecule has 2 heterocycles. The van der Waals surface area contributed by atoms with Gasteiger partial charge in [0, 0.05) is 5.92 Å². The van der Waals surface area contributed by atoms with E-state index in [4.69, 9.17) is 5.26 Å². The van der Waals surface area contributed by atoms with Crippen LogP contribution in [0, 0.1) is 11.3 Å². The Morgan fingerprint density at radius 1 is 1.36 bits per heavy atom. The van der Waals surface area contributed by atoms with Crippen LogP contribution in [0.2, 0.25) is 0 Å². The zero-order valence-electron chi connectivity index (χ0n) is 15.3. The van der Waals surface area contributed by atoms with E-state index < -0.39 is 0 Å². The Hall–Kier alpha value is -2.63. The molecule has 0 bridgehead atoms. The van der Waals surface area contributed by atoms with Gasteiger partial charge in [0.1, 0.15) is 16.9 Å². The number of carbonyl (C=O) groups excluding carboxylic acids is 1. The minimum atomic E-state index is -0.362. The second kappa shape index (κ2) is 8.17. The van der Waals surface area contributed by atoms with Gasteiger partial charge in [0.25, 0.3) is 0 Å². The molecule has 0 saturated heterocycles. The standard InChI is InChI=1S/C20H19N5OS2/c1-13(18(26)22-19-16(11-21)9-10-27-19)28-20-24-23-17(15-7-8-15)25(20)12-14-5-3-2-4-6-14/h2-6,9-10,13,15H,7-8,12H2,1H3,(H,22,26). The van der Waals surface area contributed by atoms with Crippen LogP contribution < -0.4 is 5.32 Å². The van der Waals surface area contributed by atoms with Crippen LogP contribution in [-0.2, 0) is 11.3 Å². The molecular formula is C20H19N5OS2. The molecule has 0 radical (unpaired) electrons. The molecule has 3 aromatic rings. The number of aromatic nitrogens is 3. The molecule has 1 fully saturated rings. The highest BCUT2D eigenvalue weighted by Gasteiger charge is 2.31. The number of thioether (sulfide) groups is 1. The van der Waals surface area contributed by atoms with Gasteiger partial charge in [-0.05, 0) is 36.8 Å². The first-order chi connectivity index (χ1) is 13.7. The molecule has 8 heteroatoms. The van der Waals surface area contributed by atoms with E-state index in [1.807, 2.05) is 25.1 Å². The molecule has 0 spiro atoms. The predicted octanol–water partition coefficient (Wildman–Crippen LogP) is 4.26. The van der Waals surface area contributed by atoms with Crippen LogP contribution in [0.3, 0.4) is 0 Å². The number of nitrogens with zero attached hydrogens (tertiary/aromatic N) is 4. The second-order valence-electron chi connectivity index (χ2n) is 6.71. The highest BCUT2D eigenvalue weighted by atomic mass is 32.2. The summed E-state index contributed by atoms with van der Waals surface area (Å²) < 4.78 is 2.13. The van der Waals surface area contributed by atoms with Crippen molar-refractivity contribution in [1.29, 1.82) is 5.26 Å². The lowest BCUT2D eigenvalue weighted by molar-refractivity contribution is -0.115. The first-order valence-corrected chi connectivity index (χ1v) is 10.8. The molecule has 4 rings (SSSR count). The van der Waals surface area contributed by atoms with Gasteiger partial charge in [-0.15, -0.1) is 21.5 Å². The maximum atomic E-state index is 12.6. The number of amides is 1. The van der Waals surface area contributed by atoms with E-state index in [-0.39, 0.29) is 11.2 Å². The van der Waals surface area contributed by atoms with E-state index >= 15 is 0 Å². The third-order valence-corrected chi connectivity index (χ3v) is 6.46. The third-order valence-electron chi connectivity index (χ3n) is 4.55. The largest absolute Gasteiger partial charge is 0.316 e. The zero-order valence-corrected chi connectivity index (χ0v) is 17.0. The maximum Gasteiger partial charge on any atom is 0.238 e. The number of anilines is 1. The Balaban J connectivity index is 1.51. The van der Waals surface area contributed by atoms with Crippen LogP contribution in [0.5, 0.6) is 0 Å². The Kier molecular flexibility index (Phi) is 5.46. The summed E-state index contributed by atoms with van der Waals surface area (Å²) in [5.74, 6) is 1.33. The first kappa shape index (κ1) is 18.7. The lowest BCUT2D eigenvalue weighted by Gasteiger charge is -2.13. The Bertz CT molecular complexity index is 1020. The monoisotopic (exact) mass is 409 g/mol. The molecule has 1 amide bonds. The maximum absolute atomic E-state index is 12.6. The summed E-state index contributed by atoms with van der Waals surface area (Å²) in [6, 6.07) is 14.0. The fourth-order valence-electron chi connectivity index (χ4n) is 2.86. The third kappa shape index (κ3) is 4.11. The van der Waals surface area contributed by atoms with Crippen molar-refractivity contribution in [2.24, 2.45) is 0 Å². The first-order valence-electron chi connectivity index (χ1n) is 9.08. The van der Waals surface area contributed by atoms with E-state index in [0.29, 0.717) is 23.0 Å². The minimum absolute atomic E-state index is 0.147. The molecule has 1 N–H and O–H groups in total. The molecule has 28 heavy (non-hydrogen) atoms. The molecule has 1 aliphatic rings. The SMILES string of the molecule is CC(Sc1nnc(C2CC2)n1Cc1ccccc1)C(=O)Nc1sccc1C#N. The topological polar surface area (TPSA) is 83.6 Å². The van der Waals surface area contributed by atoms with Gasteiger partial charge < -0.3 is 9.88 Å². The molecule has 1 aromatic carbocycles. The normalized spacial score (nSPS) is 14.4.